The minimum atomic E-state index is 0.782. The topological polar surface area (TPSA) is 39.1 Å². The van der Waals surface area contributed by atoms with Crippen LogP contribution in [0.5, 0.6) is 5.75 Å². The number of benzene rings is 1. The van der Waals surface area contributed by atoms with Crippen LogP contribution in [0, 0.1) is 6.92 Å². The predicted molar refractivity (Wildman–Crippen MR) is 75.3 cm³/mol. The summed E-state index contributed by atoms with van der Waals surface area (Å²) in [6, 6.07) is 6.43. The highest BCUT2D eigenvalue weighted by atomic mass is 16.5. The summed E-state index contributed by atoms with van der Waals surface area (Å²) in [6.07, 6.45) is 1.00. The van der Waals surface area contributed by atoms with Gasteiger partial charge in [0.25, 0.3) is 0 Å². The van der Waals surface area contributed by atoms with Gasteiger partial charge in [0.15, 0.2) is 0 Å². The van der Waals surface area contributed by atoms with E-state index in [0.717, 1.165) is 36.8 Å². The first-order valence-electron chi connectivity index (χ1n) is 6.63. The Hall–Kier alpha value is -1.81. The van der Waals surface area contributed by atoms with E-state index in [-0.39, 0.29) is 0 Å². The van der Waals surface area contributed by atoms with E-state index in [4.69, 9.17) is 4.74 Å². The van der Waals surface area contributed by atoms with Gasteiger partial charge in [0, 0.05) is 25.6 Å². The first-order valence-corrected chi connectivity index (χ1v) is 6.63. The molecule has 2 aromatic rings. The minimum absolute atomic E-state index is 0.782. The van der Waals surface area contributed by atoms with E-state index >= 15 is 0 Å². The van der Waals surface area contributed by atoms with Gasteiger partial charge in [-0.15, -0.1) is 0 Å². The smallest absolute Gasteiger partial charge is 0.122 e. The van der Waals surface area contributed by atoms with Gasteiger partial charge in [0.1, 0.15) is 11.6 Å². The molecule has 0 saturated heterocycles. The van der Waals surface area contributed by atoms with Gasteiger partial charge >= 0.3 is 0 Å². The van der Waals surface area contributed by atoms with Crippen molar-refractivity contribution >= 4 is 0 Å². The fourth-order valence-corrected chi connectivity index (χ4v) is 2.66. The summed E-state index contributed by atoms with van der Waals surface area (Å²) in [5, 5.41) is 3.19. The Morgan fingerprint density at radius 1 is 1.42 bits per heavy atom. The molecule has 1 aliphatic rings. The molecule has 0 unspecified atom stereocenters. The quantitative estimate of drug-likeness (QED) is 0.914. The molecule has 4 heteroatoms. The van der Waals surface area contributed by atoms with Gasteiger partial charge in [-0.25, -0.2) is 4.98 Å². The van der Waals surface area contributed by atoms with Crippen LogP contribution in [0.25, 0.3) is 11.3 Å². The molecule has 0 spiro atoms. The molecule has 1 aromatic heterocycles. The molecule has 0 aliphatic carbocycles. The number of ether oxygens (including phenoxy) is 1. The van der Waals surface area contributed by atoms with Crippen molar-refractivity contribution in [3.05, 3.63) is 35.3 Å². The van der Waals surface area contributed by atoms with E-state index in [1.54, 1.807) is 0 Å². The van der Waals surface area contributed by atoms with Crippen LogP contribution in [0.3, 0.4) is 0 Å². The summed E-state index contributed by atoms with van der Waals surface area (Å²) in [5.41, 5.74) is 4.81. The Morgan fingerprint density at radius 3 is 3.05 bits per heavy atom. The summed E-state index contributed by atoms with van der Waals surface area (Å²) in [7, 11) is 4.02. The maximum atomic E-state index is 5.57. The lowest BCUT2D eigenvalue weighted by molar-refractivity contribution is 0.357. The average Bonchev–Trinajstić information content (AvgIpc) is 2.95. The molecule has 3 rings (SSSR count). The van der Waals surface area contributed by atoms with Crippen LogP contribution in [0.15, 0.2) is 18.2 Å². The minimum Gasteiger partial charge on any atom is -0.493 e. The molecule has 19 heavy (non-hydrogen) atoms. The molecule has 4 nitrogen and oxygen atoms in total. The van der Waals surface area contributed by atoms with Crippen molar-refractivity contribution in [2.24, 2.45) is 7.05 Å². The third-order valence-corrected chi connectivity index (χ3v) is 3.70. The molecule has 0 fully saturated rings. The Labute approximate surface area is 113 Å². The second kappa shape index (κ2) is 4.70. The standard InChI is InChI=1S/C15H19N3O/c1-10-17-13(9-16-2)15(18(10)3)12-4-5-14-11(8-12)6-7-19-14/h4-5,8,16H,6-7,9H2,1-3H3. The average molecular weight is 257 g/mol. The Morgan fingerprint density at radius 2 is 2.26 bits per heavy atom. The van der Waals surface area contributed by atoms with Crippen molar-refractivity contribution in [3.8, 4) is 17.0 Å². The number of aryl methyl sites for hydroxylation is 1. The Balaban J connectivity index is 2.10. The second-order valence-corrected chi connectivity index (χ2v) is 4.96. The van der Waals surface area contributed by atoms with E-state index in [2.05, 4.69) is 40.1 Å². The lowest BCUT2D eigenvalue weighted by Gasteiger charge is -2.08. The highest BCUT2D eigenvalue weighted by molar-refractivity contribution is 5.66. The fraction of sp³-hybridized carbons (Fsp3) is 0.400. The maximum Gasteiger partial charge on any atom is 0.122 e. The molecular weight excluding hydrogens is 238 g/mol. The number of imidazole rings is 1. The van der Waals surface area contributed by atoms with Crippen molar-refractivity contribution in [1.82, 2.24) is 14.9 Å². The van der Waals surface area contributed by atoms with Gasteiger partial charge in [-0.05, 0) is 37.7 Å². The van der Waals surface area contributed by atoms with Crippen LogP contribution in [-0.4, -0.2) is 23.2 Å². The number of nitrogens with one attached hydrogen (secondary N) is 1. The zero-order chi connectivity index (χ0) is 13.4. The number of hydrogen-bond donors (Lipinski definition) is 1. The van der Waals surface area contributed by atoms with Gasteiger partial charge < -0.3 is 14.6 Å². The molecule has 1 aliphatic heterocycles. The summed E-state index contributed by atoms with van der Waals surface area (Å²) in [5.74, 6) is 2.06. The van der Waals surface area contributed by atoms with E-state index < -0.39 is 0 Å². The van der Waals surface area contributed by atoms with Crippen molar-refractivity contribution in [3.63, 3.8) is 0 Å². The van der Waals surface area contributed by atoms with Crippen LogP contribution in [0.2, 0.25) is 0 Å². The van der Waals surface area contributed by atoms with Crippen molar-refractivity contribution in [2.45, 2.75) is 19.9 Å². The molecule has 1 N–H and O–H groups in total. The first kappa shape index (κ1) is 12.2. The molecule has 0 bridgehead atoms. The number of nitrogens with zero attached hydrogens (tertiary/aromatic N) is 2. The third kappa shape index (κ3) is 2.02. The summed E-state index contributed by atoms with van der Waals surface area (Å²) >= 11 is 0. The van der Waals surface area contributed by atoms with Crippen LogP contribution in [0.4, 0.5) is 0 Å². The van der Waals surface area contributed by atoms with Crippen LogP contribution in [0.1, 0.15) is 17.1 Å². The molecule has 2 heterocycles. The number of fused-ring (bicyclic) bond motifs is 1. The largest absolute Gasteiger partial charge is 0.493 e. The lowest BCUT2D eigenvalue weighted by Crippen LogP contribution is -2.07. The SMILES string of the molecule is CNCc1nc(C)n(C)c1-c1ccc2c(c1)CCO2. The monoisotopic (exact) mass is 257 g/mol. The second-order valence-electron chi connectivity index (χ2n) is 4.96. The van der Waals surface area contributed by atoms with Crippen molar-refractivity contribution < 1.29 is 4.74 Å². The zero-order valence-corrected chi connectivity index (χ0v) is 11.7. The van der Waals surface area contributed by atoms with Gasteiger partial charge in [-0.1, -0.05) is 0 Å². The van der Waals surface area contributed by atoms with E-state index in [1.165, 1.54) is 16.8 Å². The highest BCUT2D eigenvalue weighted by Gasteiger charge is 2.17. The number of hydrogen-bond acceptors (Lipinski definition) is 3. The summed E-state index contributed by atoms with van der Waals surface area (Å²) in [6.45, 7) is 3.62. The molecular formula is C15H19N3O. The first-order chi connectivity index (χ1) is 9.20. The molecule has 0 saturated carbocycles. The fourth-order valence-electron chi connectivity index (χ4n) is 2.66. The van der Waals surface area contributed by atoms with Gasteiger partial charge in [-0.3, -0.25) is 0 Å². The van der Waals surface area contributed by atoms with Crippen LogP contribution >= 0.6 is 0 Å². The van der Waals surface area contributed by atoms with Gasteiger partial charge in [-0.2, -0.15) is 0 Å². The van der Waals surface area contributed by atoms with Crippen LogP contribution in [-0.2, 0) is 20.0 Å². The van der Waals surface area contributed by atoms with E-state index in [1.807, 2.05) is 14.0 Å². The maximum absolute atomic E-state index is 5.57. The molecule has 0 amide bonds. The normalized spacial score (nSPS) is 13.4. The molecule has 1 aromatic carbocycles. The number of rotatable bonds is 3. The Kier molecular flexibility index (Phi) is 3.03. The van der Waals surface area contributed by atoms with E-state index in [9.17, 15) is 0 Å². The molecule has 0 atom stereocenters. The Bertz CT molecular complexity index is 616. The van der Waals surface area contributed by atoms with E-state index in [0.29, 0.717) is 0 Å². The highest BCUT2D eigenvalue weighted by Crippen LogP contribution is 2.32. The van der Waals surface area contributed by atoms with Crippen molar-refractivity contribution in [2.75, 3.05) is 13.7 Å². The molecule has 100 valence electrons. The number of aromatic nitrogens is 2. The van der Waals surface area contributed by atoms with Crippen molar-refractivity contribution in [1.29, 1.82) is 0 Å². The lowest BCUT2D eigenvalue weighted by atomic mass is 10.0. The zero-order valence-electron chi connectivity index (χ0n) is 11.7. The van der Waals surface area contributed by atoms with Gasteiger partial charge in [0.2, 0.25) is 0 Å². The predicted octanol–water partition coefficient (Wildman–Crippen LogP) is 2.05. The summed E-state index contributed by atoms with van der Waals surface area (Å²) < 4.78 is 7.72. The van der Waals surface area contributed by atoms with Crippen LogP contribution < -0.4 is 10.1 Å². The third-order valence-electron chi connectivity index (χ3n) is 3.70. The summed E-state index contributed by atoms with van der Waals surface area (Å²) in [4.78, 5) is 4.64. The molecule has 0 radical (unpaired) electrons. The van der Waals surface area contributed by atoms with Gasteiger partial charge in [0.05, 0.1) is 18.0 Å².